The van der Waals surface area contributed by atoms with Gasteiger partial charge < -0.3 is 15.7 Å². The number of rotatable bonds is 4. The average Bonchev–Trinajstić information content (AvgIpc) is 2.45. The maximum absolute atomic E-state index is 11.7. The third-order valence-corrected chi connectivity index (χ3v) is 2.79. The van der Waals surface area contributed by atoms with Crippen molar-refractivity contribution in [2.45, 2.75) is 13.8 Å². The summed E-state index contributed by atoms with van der Waals surface area (Å²) >= 11 is 0. The van der Waals surface area contributed by atoms with Crippen LogP contribution in [-0.4, -0.2) is 23.7 Å². The molecule has 0 radical (unpaired) electrons. The van der Waals surface area contributed by atoms with E-state index in [-0.39, 0.29) is 17.7 Å². The van der Waals surface area contributed by atoms with Crippen LogP contribution in [0.5, 0.6) is 0 Å². The number of carboxylic acid groups (broad SMARTS) is 1. The van der Waals surface area contributed by atoms with E-state index in [1.54, 1.807) is 0 Å². The molecule has 0 spiro atoms. The first-order valence-electron chi connectivity index (χ1n) is 6.02. The molecule has 21 heavy (non-hydrogen) atoms. The minimum atomic E-state index is -1.08. The summed E-state index contributed by atoms with van der Waals surface area (Å²) in [5.41, 5.74) is -0.368. The lowest BCUT2D eigenvalue weighted by atomic mass is 9.94. The van der Waals surface area contributed by atoms with Crippen LogP contribution in [0.2, 0.25) is 0 Å². The number of aliphatic carboxylic acids is 1. The number of nitrogens with zero attached hydrogens (tertiary/aromatic N) is 2. The van der Waals surface area contributed by atoms with Gasteiger partial charge in [-0.1, -0.05) is 0 Å². The second-order valence-corrected chi connectivity index (χ2v) is 4.98. The van der Waals surface area contributed by atoms with Crippen molar-refractivity contribution in [3.63, 3.8) is 0 Å². The Labute approximate surface area is 121 Å². The van der Waals surface area contributed by atoms with E-state index in [4.69, 9.17) is 15.6 Å². The molecule has 0 bridgehead atoms. The molecule has 0 saturated heterocycles. The number of carbonyl (C=O) groups excluding carboxylic acids is 1. The fourth-order valence-corrected chi connectivity index (χ4v) is 1.36. The minimum Gasteiger partial charge on any atom is -0.481 e. The zero-order valence-electron chi connectivity index (χ0n) is 11.6. The molecule has 0 aliphatic rings. The van der Waals surface area contributed by atoms with Crippen molar-refractivity contribution in [2.24, 2.45) is 5.41 Å². The highest BCUT2D eigenvalue weighted by atomic mass is 16.4. The van der Waals surface area contributed by atoms with Crippen LogP contribution in [0.25, 0.3) is 0 Å². The Morgan fingerprint density at radius 1 is 1.24 bits per heavy atom. The molecule has 0 aliphatic carbocycles. The van der Waals surface area contributed by atoms with Gasteiger partial charge in [-0.25, -0.2) is 4.79 Å². The maximum Gasteiger partial charge on any atom is 0.319 e. The molecule has 1 aromatic rings. The Morgan fingerprint density at radius 2 is 1.86 bits per heavy atom. The van der Waals surface area contributed by atoms with Crippen molar-refractivity contribution >= 4 is 17.7 Å². The first-order chi connectivity index (χ1) is 9.80. The van der Waals surface area contributed by atoms with Crippen molar-refractivity contribution in [1.82, 2.24) is 5.32 Å². The zero-order chi connectivity index (χ0) is 16.0. The van der Waals surface area contributed by atoms with Crippen LogP contribution >= 0.6 is 0 Å². The zero-order valence-corrected chi connectivity index (χ0v) is 11.6. The Kier molecular flexibility index (Phi) is 4.87. The van der Waals surface area contributed by atoms with E-state index >= 15 is 0 Å². The number of nitrogens with one attached hydrogen (secondary N) is 2. The van der Waals surface area contributed by atoms with Crippen LogP contribution < -0.4 is 10.6 Å². The lowest BCUT2D eigenvalue weighted by molar-refractivity contribution is -0.146. The van der Waals surface area contributed by atoms with Crippen molar-refractivity contribution in [3.05, 3.63) is 29.3 Å². The summed E-state index contributed by atoms with van der Waals surface area (Å²) in [6.45, 7) is 2.94. The summed E-state index contributed by atoms with van der Waals surface area (Å²) in [6.07, 6.45) is 0. The number of hydrogen-bond donors (Lipinski definition) is 3. The van der Waals surface area contributed by atoms with Gasteiger partial charge in [-0.15, -0.1) is 0 Å². The van der Waals surface area contributed by atoms with Gasteiger partial charge in [0.25, 0.3) is 0 Å². The number of nitriles is 2. The fourth-order valence-electron chi connectivity index (χ4n) is 1.36. The van der Waals surface area contributed by atoms with Crippen molar-refractivity contribution in [1.29, 1.82) is 10.5 Å². The molecule has 108 valence electrons. The number of anilines is 1. The summed E-state index contributed by atoms with van der Waals surface area (Å²) in [7, 11) is 0. The maximum atomic E-state index is 11.7. The van der Waals surface area contributed by atoms with Gasteiger partial charge in [-0.3, -0.25) is 4.79 Å². The van der Waals surface area contributed by atoms with Gasteiger partial charge in [-0.2, -0.15) is 10.5 Å². The molecule has 0 heterocycles. The first-order valence-corrected chi connectivity index (χ1v) is 6.02. The third kappa shape index (κ3) is 4.22. The van der Waals surface area contributed by atoms with Crippen molar-refractivity contribution in [2.75, 3.05) is 11.9 Å². The Hall–Kier alpha value is -3.06. The van der Waals surface area contributed by atoms with Crippen molar-refractivity contribution < 1.29 is 14.7 Å². The van der Waals surface area contributed by atoms with E-state index in [0.29, 0.717) is 5.69 Å². The highest BCUT2D eigenvalue weighted by Gasteiger charge is 2.27. The van der Waals surface area contributed by atoms with Gasteiger partial charge in [0.2, 0.25) is 0 Å². The van der Waals surface area contributed by atoms with Crippen LogP contribution in [0, 0.1) is 28.1 Å². The Morgan fingerprint density at radius 3 is 2.38 bits per heavy atom. The minimum absolute atomic E-state index is 0.0461. The first kappa shape index (κ1) is 16.0. The molecular formula is C14H14N4O3. The highest BCUT2D eigenvalue weighted by molar-refractivity contribution is 5.90. The molecule has 1 rings (SSSR count). The Bertz CT molecular complexity index is 653. The number of urea groups is 1. The molecule has 3 N–H and O–H groups in total. The van der Waals surface area contributed by atoms with Crippen LogP contribution in [0.1, 0.15) is 25.0 Å². The van der Waals surface area contributed by atoms with E-state index in [0.717, 1.165) is 0 Å². The molecule has 0 aromatic heterocycles. The largest absolute Gasteiger partial charge is 0.481 e. The monoisotopic (exact) mass is 286 g/mol. The molecule has 2 amide bonds. The van der Waals surface area contributed by atoms with E-state index < -0.39 is 17.4 Å². The average molecular weight is 286 g/mol. The predicted octanol–water partition coefficient (Wildman–Crippen LogP) is 1.66. The topological polar surface area (TPSA) is 126 Å². The predicted molar refractivity (Wildman–Crippen MR) is 74.3 cm³/mol. The van der Waals surface area contributed by atoms with Gasteiger partial charge in [0.1, 0.15) is 12.1 Å². The second kappa shape index (κ2) is 6.40. The van der Waals surface area contributed by atoms with Crippen LogP contribution in [0.3, 0.4) is 0 Å². The van der Waals surface area contributed by atoms with Gasteiger partial charge in [0.15, 0.2) is 0 Å². The SMILES string of the molecule is CC(C)(CNC(=O)Nc1ccc(C#N)c(C#N)c1)C(=O)O. The molecule has 0 atom stereocenters. The molecule has 7 nitrogen and oxygen atoms in total. The van der Waals surface area contributed by atoms with Crippen molar-refractivity contribution in [3.8, 4) is 12.1 Å². The Balaban J connectivity index is 2.71. The lowest BCUT2D eigenvalue weighted by Crippen LogP contribution is -2.40. The number of benzene rings is 1. The summed E-state index contributed by atoms with van der Waals surface area (Å²) in [4.78, 5) is 22.6. The summed E-state index contributed by atoms with van der Waals surface area (Å²) in [6, 6.07) is 7.43. The van der Waals surface area contributed by atoms with Crippen LogP contribution in [0.4, 0.5) is 10.5 Å². The number of hydrogen-bond acceptors (Lipinski definition) is 4. The molecule has 0 aliphatic heterocycles. The van der Waals surface area contributed by atoms with Crippen LogP contribution in [0.15, 0.2) is 18.2 Å². The molecular weight excluding hydrogens is 272 g/mol. The molecule has 1 aromatic carbocycles. The normalized spacial score (nSPS) is 10.1. The van der Waals surface area contributed by atoms with Gasteiger partial charge in [0.05, 0.1) is 16.5 Å². The van der Waals surface area contributed by atoms with E-state index in [1.807, 2.05) is 12.1 Å². The summed E-state index contributed by atoms with van der Waals surface area (Å²) in [5.74, 6) is -1.02. The number of carboxylic acids is 1. The van der Waals surface area contributed by atoms with Gasteiger partial charge in [0, 0.05) is 12.2 Å². The standard InChI is InChI=1S/C14H14N4O3/c1-14(2,12(19)20)8-17-13(21)18-11-4-3-9(6-15)10(5-11)7-16/h3-5H,8H2,1-2H3,(H,19,20)(H2,17,18,21). The quantitative estimate of drug-likeness (QED) is 0.775. The molecule has 0 fully saturated rings. The van der Waals surface area contributed by atoms with E-state index in [2.05, 4.69) is 10.6 Å². The van der Waals surface area contributed by atoms with Gasteiger partial charge >= 0.3 is 12.0 Å². The molecule has 7 heteroatoms. The second-order valence-electron chi connectivity index (χ2n) is 4.98. The van der Waals surface area contributed by atoms with Gasteiger partial charge in [-0.05, 0) is 32.0 Å². The fraction of sp³-hybridized carbons (Fsp3) is 0.286. The van der Waals surface area contributed by atoms with Crippen LogP contribution in [-0.2, 0) is 4.79 Å². The number of carbonyl (C=O) groups is 2. The number of amides is 2. The van der Waals surface area contributed by atoms with E-state index in [1.165, 1.54) is 32.0 Å². The highest BCUT2D eigenvalue weighted by Crippen LogP contribution is 2.15. The lowest BCUT2D eigenvalue weighted by Gasteiger charge is -2.19. The van der Waals surface area contributed by atoms with E-state index in [9.17, 15) is 9.59 Å². The molecule has 0 unspecified atom stereocenters. The molecule has 0 saturated carbocycles. The third-order valence-electron chi connectivity index (χ3n) is 2.79. The summed E-state index contributed by atoms with van der Waals surface area (Å²) < 4.78 is 0. The smallest absolute Gasteiger partial charge is 0.319 e. The summed E-state index contributed by atoms with van der Waals surface area (Å²) in [5, 5.41) is 31.5.